The lowest BCUT2D eigenvalue weighted by Crippen LogP contribution is -2.35. The SMILES string of the molecule is FC(F)(F)c1ccc(CN2CCCCCC2CBr)cc1. The van der Waals surface area contributed by atoms with E-state index in [1.807, 2.05) is 0 Å². The van der Waals surface area contributed by atoms with E-state index in [2.05, 4.69) is 20.8 Å². The normalized spacial score (nSPS) is 21.7. The van der Waals surface area contributed by atoms with Crippen LogP contribution in [0.4, 0.5) is 13.2 Å². The maximum Gasteiger partial charge on any atom is 0.416 e. The Balaban J connectivity index is 2.04. The van der Waals surface area contributed by atoms with Gasteiger partial charge in [0.1, 0.15) is 0 Å². The van der Waals surface area contributed by atoms with Gasteiger partial charge in [0.2, 0.25) is 0 Å². The highest BCUT2D eigenvalue weighted by molar-refractivity contribution is 9.09. The molecule has 5 heteroatoms. The number of hydrogen-bond donors (Lipinski definition) is 0. The summed E-state index contributed by atoms with van der Waals surface area (Å²) in [6.07, 6.45) is 0.558. The fourth-order valence-electron chi connectivity index (χ4n) is 2.65. The van der Waals surface area contributed by atoms with Crippen molar-refractivity contribution in [3.63, 3.8) is 0 Å². The molecule has 1 aromatic rings. The van der Waals surface area contributed by atoms with Crippen molar-refractivity contribution < 1.29 is 13.2 Å². The zero-order valence-corrected chi connectivity index (χ0v) is 12.9. The van der Waals surface area contributed by atoms with Crippen LogP contribution in [0.1, 0.15) is 36.8 Å². The first-order valence-corrected chi connectivity index (χ1v) is 8.09. The van der Waals surface area contributed by atoms with Crippen molar-refractivity contribution in [2.45, 2.75) is 44.4 Å². The van der Waals surface area contributed by atoms with E-state index in [1.54, 1.807) is 12.1 Å². The van der Waals surface area contributed by atoms with Crippen LogP contribution in [0.25, 0.3) is 0 Å². The van der Waals surface area contributed by atoms with Gasteiger partial charge < -0.3 is 0 Å². The van der Waals surface area contributed by atoms with Crippen molar-refractivity contribution >= 4 is 15.9 Å². The Kier molecular flexibility index (Phi) is 5.49. The Morgan fingerprint density at radius 2 is 1.80 bits per heavy atom. The largest absolute Gasteiger partial charge is 0.416 e. The van der Waals surface area contributed by atoms with Crippen LogP contribution in [0.2, 0.25) is 0 Å². The number of likely N-dealkylation sites (tertiary alicyclic amines) is 1. The van der Waals surface area contributed by atoms with E-state index < -0.39 is 11.7 Å². The van der Waals surface area contributed by atoms with Crippen LogP contribution in [0, 0.1) is 0 Å². The molecule has 1 aliphatic heterocycles. The van der Waals surface area contributed by atoms with Crippen molar-refractivity contribution in [3.8, 4) is 0 Å². The lowest BCUT2D eigenvalue weighted by Gasteiger charge is -2.28. The molecule has 1 aromatic carbocycles. The smallest absolute Gasteiger partial charge is 0.295 e. The minimum Gasteiger partial charge on any atom is -0.295 e. The molecule has 1 unspecified atom stereocenters. The first-order valence-electron chi connectivity index (χ1n) is 6.97. The van der Waals surface area contributed by atoms with Crippen LogP contribution >= 0.6 is 15.9 Å². The molecule has 1 atom stereocenters. The first kappa shape index (κ1) is 15.8. The second-order valence-electron chi connectivity index (χ2n) is 5.32. The number of halogens is 4. The number of nitrogens with zero attached hydrogens (tertiary/aromatic N) is 1. The molecule has 1 heterocycles. The van der Waals surface area contributed by atoms with Gasteiger partial charge in [-0.2, -0.15) is 13.2 Å². The summed E-state index contributed by atoms with van der Waals surface area (Å²) in [5, 5.41) is 0.924. The highest BCUT2D eigenvalue weighted by Crippen LogP contribution is 2.29. The van der Waals surface area contributed by atoms with Crippen molar-refractivity contribution in [3.05, 3.63) is 35.4 Å². The molecule has 0 aliphatic carbocycles. The van der Waals surface area contributed by atoms with Gasteiger partial charge in [0.25, 0.3) is 0 Å². The van der Waals surface area contributed by atoms with Crippen LogP contribution in [-0.2, 0) is 12.7 Å². The van der Waals surface area contributed by atoms with Gasteiger partial charge in [-0.3, -0.25) is 4.90 Å². The lowest BCUT2D eigenvalue weighted by molar-refractivity contribution is -0.137. The predicted molar refractivity (Wildman–Crippen MR) is 77.9 cm³/mol. The van der Waals surface area contributed by atoms with Crippen molar-refractivity contribution in [1.29, 1.82) is 0 Å². The van der Waals surface area contributed by atoms with Gasteiger partial charge in [-0.05, 0) is 37.1 Å². The van der Waals surface area contributed by atoms with Crippen LogP contribution in [-0.4, -0.2) is 22.8 Å². The monoisotopic (exact) mass is 349 g/mol. The summed E-state index contributed by atoms with van der Waals surface area (Å²) in [6, 6.07) is 6.03. The fourth-order valence-corrected chi connectivity index (χ4v) is 3.39. The van der Waals surface area contributed by atoms with Gasteiger partial charge in [-0.1, -0.05) is 40.9 Å². The molecule has 0 bridgehead atoms. The van der Waals surface area contributed by atoms with Crippen LogP contribution in [0.5, 0.6) is 0 Å². The Bertz CT molecular complexity index is 416. The van der Waals surface area contributed by atoms with Gasteiger partial charge in [0, 0.05) is 17.9 Å². The van der Waals surface area contributed by atoms with Gasteiger partial charge >= 0.3 is 6.18 Å². The number of benzene rings is 1. The average Bonchev–Trinajstić information content (AvgIpc) is 2.63. The fraction of sp³-hybridized carbons (Fsp3) is 0.600. The van der Waals surface area contributed by atoms with E-state index in [-0.39, 0.29) is 0 Å². The van der Waals surface area contributed by atoms with Crippen molar-refractivity contribution in [1.82, 2.24) is 4.90 Å². The molecule has 1 nitrogen and oxygen atoms in total. The number of rotatable bonds is 3. The van der Waals surface area contributed by atoms with E-state index >= 15 is 0 Å². The molecule has 2 rings (SSSR count). The molecular weight excluding hydrogens is 331 g/mol. The molecule has 0 saturated carbocycles. The maximum atomic E-state index is 12.5. The molecule has 20 heavy (non-hydrogen) atoms. The second kappa shape index (κ2) is 6.94. The third-order valence-electron chi connectivity index (χ3n) is 3.84. The summed E-state index contributed by atoms with van der Waals surface area (Å²) in [4.78, 5) is 2.38. The van der Waals surface area contributed by atoms with Crippen molar-refractivity contribution in [2.75, 3.05) is 11.9 Å². The van der Waals surface area contributed by atoms with E-state index in [0.717, 1.165) is 30.4 Å². The minimum atomic E-state index is -4.25. The molecule has 0 spiro atoms. The molecule has 1 fully saturated rings. The van der Waals surface area contributed by atoms with Gasteiger partial charge in [0.15, 0.2) is 0 Å². The van der Waals surface area contributed by atoms with E-state index in [1.165, 1.54) is 31.4 Å². The second-order valence-corrected chi connectivity index (χ2v) is 5.97. The van der Waals surface area contributed by atoms with Gasteiger partial charge in [0.05, 0.1) is 5.56 Å². The molecular formula is C15H19BrF3N. The van der Waals surface area contributed by atoms with E-state index in [4.69, 9.17) is 0 Å². The van der Waals surface area contributed by atoms with Crippen LogP contribution in [0.3, 0.4) is 0 Å². The van der Waals surface area contributed by atoms with Gasteiger partial charge in [-0.15, -0.1) is 0 Å². The van der Waals surface area contributed by atoms with Gasteiger partial charge in [-0.25, -0.2) is 0 Å². The Morgan fingerprint density at radius 3 is 2.40 bits per heavy atom. The van der Waals surface area contributed by atoms with Crippen LogP contribution in [0.15, 0.2) is 24.3 Å². The minimum absolute atomic E-state index is 0.486. The number of hydrogen-bond acceptors (Lipinski definition) is 1. The Hall–Kier alpha value is -0.550. The summed E-state index contributed by atoms with van der Waals surface area (Å²) in [7, 11) is 0. The summed E-state index contributed by atoms with van der Waals surface area (Å²) in [5.41, 5.74) is 0.375. The molecule has 0 N–H and O–H groups in total. The summed E-state index contributed by atoms with van der Waals surface area (Å²) >= 11 is 3.55. The first-order chi connectivity index (χ1) is 9.50. The predicted octanol–water partition coefficient (Wildman–Crippen LogP) is 4.84. The van der Waals surface area contributed by atoms with E-state index in [9.17, 15) is 13.2 Å². The Morgan fingerprint density at radius 1 is 1.10 bits per heavy atom. The third kappa shape index (κ3) is 4.22. The summed E-state index contributed by atoms with van der Waals surface area (Å²) in [6.45, 7) is 1.76. The van der Waals surface area contributed by atoms with E-state index in [0.29, 0.717) is 6.04 Å². The van der Waals surface area contributed by atoms with Crippen molar-refractivity contribution in [2.24, 2.45) is 0 Å². The van der Waals surface area contributed by atoms with Crippen LogP contribution < -0.4 is 0 Å². The topological polar surface area (TPSA) is 3.24 Å². The lowest BCUT2D eigenvalue weighted by atomic mass is 10.1. The Labute approximate surface area is 126 Å². The molecule has 112 valence electrons. The summed E-state index contributed by atoms with van der Waals surface area (Å²) in [5.74, 6) is 0. The number of alkyl halides is 4. The molecule has 1 aliphatic rings. The zero-order chi connectivity index (χ0) is 14.6. The standard InChI is InChI=1S/C15H19BrF3N/c16-10-14-4-2-1-3-9-20(14)11-12-5-7-13(8-6-12)15(17,18)19/h5-8,14H,1-4,9-11H2. The zero-order valence-electron chi connectivity index (χ0n) is 11.3. The molecule has 0 radical (unpaired) electrons. The molecule has 1 saturated heterocycles. The highest BCUT2D eigenvalue weighted by Gasteiger charge is 2.30. The quantitative estimate of drug-likeness (QED) is 0.705. The summed E-state index contributed by atoms with van der Waals surface area (Å²) < 4.78 is 37.6. The maximum absolute atomic E-state index is 12.5. The molecule has 0 amide bonds. The average molecular weight is 350 g/mol. The molecule has 0 aromatic heterocycles. The third-order valence-corrected chi connectivity index (χ3v) is 4.59. The highest BCUT2D eigenvalue weighted by atomic mass is 79.9.